The summed E-state index contributed by atoms with van der Waals surface area (Å²) in [6, 6.07) is 30.7. The number of aryl methyl sites for hydroxylation is 1. The van der Waals surface area contributed by atoms with Crippen LogP contribution in [-0.4, -0.2) is 28.6 Å². The lowest BCUT2D eigenvalue weighted by atomic mass is 9.97. The van der Waals surface area contributed by atoms with E-state index >= 15 is 0 Å². The highest BCUT2D eigenvalue weighted by Gasteiger charge is 2.21. The van der Waals surface area contributed by atoms with E-state index in [0.717, 1.165) is 27.3 Å². The maximum Gasteiger partial charge on any atom is 0.326 e. The quantitative estimate of drug-likeness (QED) is 0.132. The van der Waals surface area contributed by atoms with Gasteiger partial charge in [-0.1, -0.05) is 73.3 Å². The Hall–Kier alpha value is -4.63. The van der Waals surface area contributed by atoms with Crippen LogP contribution in [0.25, 0.3) is 0 Å². The molecule has 0 aliphatic carbocycles. The number of nitro groups is 1. The highest BCUT2D eigenvalue weighted by molar-refractivity contribution is 7.99. The molecular weight excluding hydrogens is 538 g/mol. The zero-order chi connectivity index (χ0) is 29.2. The largest absolute Gasteiger partial charge is 0.481 e. The van der Waals surface area contributed by atoms with Crippen molar-refractivity contribution in [1.29, 1.82) is 0 Å². The fourth-order valence-electron chi connectivity index (χ4n) is 4.51. The van der Waals surface area contributed by atoms with Gasteiger partial charge < -0.3 is 10.4 Å². The molecule has 1 atom stereocenters. The molecule has 41 heavy (non-hydrogen) atoms. The molecule has 0 aliphatic heterocycles. The first-order chi connectivity index (χ1) is 19.9. The number of carbonyl (C=O) groups is 2. The molecule has 0 saturated carbocycles. The fraction of sp³-hybridized carbons (Fsp3) is 0.188. The number of nitro benzene ring substituents is 1. The molecule has 0 fully saturated rings. The number of amides is 2. The number of nitrogens with zero attached hydrogens (tertiary/aromatic N) is 2. The number of aliphatic carboxylic acids is 1. The van der Waals surface area contributed by atoms with E-state index in [2.05, 4.69) is 5.32 Å². The van der Waals surface area contributed by atoms with Gasteiger partial charge in [0.25, 0.3) is 5.69 Å². The molecule has 8 nitrogen and oxygen atoms in total. The third kappa shape index (κ3) is 7.95. The van der Waals surface area contributed by atoms with Crippen LogP contribution in [-0.2, 0) is 11.2 Å². The van der Waals surface area contributed by atoms with Crippen molar-refractivity contribution in [2.24, 2.45) is 0 Å². The summed E-state index contributed by atoms with van der Waals surface area (Å²) in [6.07, 6.45) is 2.00. The zero-order valence-electron chi connectivity index (χ0n) is 22.6. The van der Waals surface area contributed by atoms with Crippen molar-refractivity contribution in [3.8, 4) is 0 Å². The molecule has 1 unspecified atom stereocenters. The Bertz CT molecular complexity index is 1480. The third-order valence-electron chi connectivity index (χ3n) is 6.65. The van der Waals surface area contributed by atoms with Crippen molar-refractivity contribution in [2.45, 2.75) is 41.9 Å². The van der Waals surface area contributed by atoms with Crippen molar-refractivity contribution in [3.05, 3.63) is 124 Å². The fourth-order valence-corrected chi connectivity index (χ4v) is 5.32. The standard InChI is InChI=1S/C32H31N3O5S/c1-2-28(31(36)37)24-14-18-26(19-15-24)41-27-20-16-25(17-21-27)34(22-8-11-23-9-4-3-5-10-23)32(38)33-29-12-6-7-13-30(29)35(39)40/h3-7,9-10,12-21,28H,2,8,11,22H2,1H3,(H,33,38)(H,36,37). The van der Waals surface area contributed by atoms with Crippen LogP contribution in [0.15, 0.2) is 113 Å². The van der Waals surface area contributed by atoms with Gasteiger partial charge in [-0.3, -0.25) is 19.8 Å². The summed E-state index contributed by atoms with van der Waals surface area (Å²) in [5, 5.41) is 23.6. The average molecular weight is 570 g/mol. The van der Waals surface area contributed by atoms with Crippen LogP contribution in [0.3, 0.4) is 0 Å². The summed E-state index contributed by atoms with van der Waals surface area (Å²) in [4.78, 5) is 39.3. The van der Waals surface area contributed by atoms with Crippen LogP contribution in [0.4, 0.5) is 21.9 Å². The zero-order valence-corrected chi connectivity index (χ0v) is 23.4. The monoisotopic (exact) mass is 569 g/mol. The topological polar surface area (TPSA) is 113 Å². The van der Waals surface area contributed by atoms with Crippen molar-refractivity contribution >= 4 is 40.8 Å². The van der Waals surface area contributed by atoms with Gasteiger partial charge in [0.2, 0.25) is 0 Å². The van der Waals surface area contributed by atoms with E-state index < -0.39 is 22.8 Å². The highest BCUT2D eigenvalue weighted by Crippen LogP contribution is 2.32. The Morgan fingerprint density at radius 3 is 2.12 bits per heavy atom. The Morgan fingerprint density at radius 1 is 0.902 bits per heavy atom. The van der Waals surface area contributed by atoms with E-state index in [4.69, 9.17) is 0 Å². The molecule has 4 rings (SSSR count). The predicted molar refractivity (Wildman–Crippen MR) is 162 cm³/mol. The minimum Gasteiger partial charge on any atom is -0.481 e. The second-order valence-corrected chi connectivity index (χ2v) is 10.6. The Labute approximate surface area is 243 Å². The summed E-state index contributed by atoms with van der Waals surface area (Å²) in [5.74, 6) is -1.35. The maximum atomic E-state index is 13.4. The van der Waals surface area contributed by atoms with E-state index in [9.17, 15) is 24.8 Å². The first kappa shape index (κ1) is 29.4. The Morgan fingerprint density at radius 2 is 1.51 bits per heavy atom. The highest BCUT2D eigenvalue weighted by atomic mass is 32.2. The first-order valence-electron chi connectivity index (χ1n) is 13.3. The van der Waals surface area contributed by atoms with Gasteiger partial charge in [0.15, 0.2) is 0 Å². The van der Waals surface area contributed by atoms with Crippen LogP contribution in [0.5, 0.6) is 0 Å². The van der Waals surface area contributed by atoms with Crippen molar-refractivity contribution in [2.75, 3.05) is 16.8 Å². The molecule has 0 spiro atoms. The number of carboxylic acids is 1. The molecule has 210 valence electrons. The van der Waals surface area contributed by atoms with E-state index in [0.29, 0.717) is 25.1 Å². The van der Waals surface area contributed by atoms with Crippen molar-refractivity contribution < 1.29 is 19.6 Å². The SMILES string of the molecule is CCC(C(=O)O)c1ccc(Sc2ccc(N(CCCc3ccccc3)C(=O)Nc3ccccc3[N+](=O)[O-])cc2)cc1. The lowest BCUT2D eigenvalue weighted by Gasteiger charge is -2.23. The number of anilines is 2. The number of hydrogen-bond acceptors (Lipinski definition) is 5. The molecule has 0 radical (unpaired) electrons. The average Bonchev–Trinajstić information content (AvgIpc) is 2.97. The van der Waals surface area contributed by atoms with E-state index in [1.165, 1.54) is 23.9 Å². The summed E-state index contributed by atoms with van der Waals surface area (Å²) < 4.78 is 0. The molecule has 0 bridgehead atoms. The summed E-state index contributed by atoms with van der Waals surface area (Å²) >= 11 is 1.53. The number of nitrogens with one attached hydrogen (secondary N) is 1. The Kier molecular flexibility index (Phi) is 10.1. The lowest BCUT2D eigenvalue weighted by molar-refractivity contribution is -0.383. The summed E-state index contributed by atoms with van der Waals surface area (Å²) in [7, 11) is 0. The van der Waals surface area contributed by atoms with E-state index in [-0.39, 0.29) is 11.4 Å². The second kappa shape index (κ2) is 14.1. The van der Waals surface area contributed by atoms with Crippen LogP contribution in [0, 0.1) is 10.1 Å². The van der Waals surface area contributed by atoms with Crippen LogP contribution < -0.4 is 10.2 Å². The smallest absolute Gasteiger partial charge is 0.326 e. The molecule has 4 aromatic rings. The van der Waals surface area contributed by atoms with Gasteiger partial charge in [0.1, 0.15) is 5.69 Å². The number of carbonyl (C=O) groups excluding carboxylic acids is 1. The first-order valence-corrected chi connectivity index (χ1v) is 14.1. The van der Waals surface area contributed by atoms with Crippen LogP contribution >= 0.6 is 11.8 Å². The van der Waals surface area contributed by atoms with Gasteiger partial charge in [0.05, 0.1) is 10.8 Å². The molecule has 0 aromatic heterocycles. The molecule has 0 saturated heterocycles. The Balaban J connectivity index is 1.50. The number of para-hydroxylation sites is 2. The minimum absolute atomic E-state index is 0.138. The number of carboxylic acid groups (broad SMARTS) is 1. The van der Waals surface area contributed by atoms with Gasteiger partial charge in [-0.2, -0.15) is 0 Å². The lowest BCUT2D eigenvalue weighted by Crippen LogP contribution is -2.36. The molecule has 0 heterocycles. The number of benzene rings is 4. The van der Waals surface area contributed by atoms with Gasteiger partial charge in [0, 0.05) is 28.1 Å². The van der Waals surface area contributed by atoms with Crippen LogP contribution in [0.1, 0.15) is 36.8 Å². The molecule has 2 N–H and O–H groups in total. The number of rotatable bonds is 12. The molecule has 0 aliphatic rings. The third-order valence-corrected chi connectivity index (χ3v) is 7.67. The van der Waals surface area contributed by atoms with Crippen molar-refractivity contribution in [3.63, 3.8) is 0 Å². The van der Waals surface area contributed by atoms with Crippen molar-refractivity contribution in [1.82, 2.24) is 0 Å². The second-order valence-electron chi connectivity index (χ2n) is 9.41. The minimum atomic E-state index is -0.831. The summed E-state index contributed by atoms with van der Waals surface area (Å²) in [6.45, 7) is 2.27. The van der Waals surface area contributed by atoms with E-state index in [1.54, 1.807) is 17.0 Å². The van der Waals surface area contributed by atoms with Gasteiger partial charge in [-0.15, -0.1) is 0 Å². The van der Waals surface area contributed by atoms with Gasteiger partial charge in [-0.25, -0.2) is 4.79 Å². The predicted octanol–water partition coefficient (Wildman–Crippen LogP) is 8.00. The van der Waals surface area contributed by atoms with Gasteiger partial charge >= 0.3 is 12.0 Å². The molecular formula is C32H31N3O5S. The van der Waals surface area contributed by atoms with E-state index in [1.807, 2.05) is 85.8 Å². The summed E-state index contributed by atoms with van der Waals surface area (Å²) in [5.41, 5.74) is 2.57. The molecule has 9 heteroatoms. The normalized spacial score (nSPS) is 11.4. The number of urea groups is 1. The molecule has 2 amide bonds. The van der Waals surface area contributed by atoms with Gasteiger partial charge in [-0.05, 0) is 72.9 Å². The number of hydrogen-bond donors (Lipinski definition) is 2. The van der Waals surface area contributed by atoms with Crippen LogP contribution in [0.2, 0.25) is 0 Å². The maximum absolute atomic E-state index is 13.4. The molecule has 4 aromatic carbocycles.